The van der Waals surface area contributed by atoms with Crippen LogP contribution in [0, 0.1) is 6.92 Å². The van der Waals surface area contributed by atoms with Gasteiger partial charge in [-0.15, -0.1) is 0 Å². The summed E-state index contributed by atoms with van der Waals surface area (Å²) in [6, 6.07) is 8.27. The predicted molar refractivity (Wildman–Crippen MR) is 87.4 cm³/mol. The van der Waals surface area contributed by atoms with Gasteiger partial charge in [0, 0.05) is 31.1 Å². The van der Waals surface area contributed by atoms with Crippen LogP contribution in [-0.2, 0) is 11.2 Å². The monoisotopic (exact) mass is 314 g/mol. The Morgan fingerprint density at radius 1 is 1.39 bits per heavy atom. The van der Waals surface area contributed by atoms with Gasteiger partial charge in [0.15, 0.2) is 5.82 Å². The molecule has 2 aromatic rings. The van der Waals surface area contributed by atoms with Gasteiger partial charge in [-0.1, -0.05) is 22.9 Å². The van der Waals surface area contributed by atoms with Crippen LogP contribution in [0.3, 0.4) is 0 Å². The molecule has 0 radical (unpaired) electrons. The molecule has 1 fully saturated rings. The van der Waals surface area contributed by atoms with Crippen LogP contribution in [0.4, 0.5) is 5.69 Å². The maximum absolute atomic E-state index is 12.3. The van der Waals surface area contributed by atoms with Gasteiger partial charge in [0.2, 0.25) is 11.8 Å². The van der Waals surface area contributed by atoms with Gasteiger partial charge in [-0.2, -0.15) is 4.98 Å². The standard InChI is InChI=1S/C17H22N4O2/c1-11-4-6-14(7-5-11)21-10-13(9-16(21)22)17-19-15(20-23-17)8-12(2)18-3/h4-7,12-13,18H,8-10H2,1-3H3. The molecule has 2 heterocycles. The molecule has 6 heteroatoms. The summed E-state index contributed by atoms with van der Waals surface area (Å²) in [6.45, 7) is 4.68. The Hall–Kier alpha value is -2.21. The van der Waals surface area contributed by atoms with Gasteiger partial charge in [0.05, 0.1) is 5.92 Å². The number of anilines is 1. The second kappa shape index (κ2) is 6.50. The van der Waals surface area contributed by atoms with Crippen LogP contribution in [0.5, 0.6) is 0 Å². The van der Waals surface area contributed by atoms with Crippen LogP contribution in [0.25, 0.3) is 0 Å². The molecule has 1 aliphatic rings. The summed E-state index contributed by atoms with van der Waals surface area (Å²) in [7, 11) is 1.90. The second-order valence-corrected chi connectivity index (χ2v) is 6.18. The van der Waals surface area contributed by atoms with Crippen molar-refractivity contribution in [3.63, 3.8) is 0 Å². The molecule has 23 heavy (non-hydrogen) atoms. The molecule has 3 rings (SSSR count). The molecule has 122 valence electrons. The smallest absolute Gasteiger partial charge is 0.232 e. The van der Waals surface area contributed by atoms with E-state index in [0.29, 0.717) is 31.1 Å². The number of rotatable bonds is 5. The van der Waals surface area contributed by atoms with E-state index >= 15 is 0 Å². The molecule has 1 aliphatic heterocycles. The van der Waals surface area contributed by atoms with E-state index < -0.39 is 0 Å². The van der Waals surface area contributed by atoms with Gasteiger partial charge in [-0.05, 0) is 33.0 Å². The first kappa shape index (κ1) is 15.7. The normalized spacial score (nSPS) is 19.3. The van der Waals surface area contributed by atoms with Crippen molar-refractivity contribution >= 4 is 11.6 Å². The van der Waals surface area contributed by atoms with Crippen LogP contribution in [-0.4, -0.2) is 35.7 Å². The molecule has 1 N–H and O–H groups in total. The molecule has 0 saturated carbocycles. The maximum Gasteiger partial charge on any atom is 0.232 e. The van der Waals surface area contributed by atoms with Gasteiger partial charge in [-0.25, -0.2) is 0 Å². The number of hydrogen-bond acceptors (Lipinski definition) is 5. The van der Waals surface area contributed by atoms with Crippen molar-refractivity contribution in [1.29, 1.82) is 0 Å². The Morgan fingerprint density at radius 3 is 2.83 bits per heavy atom. The van der Waals surface area contributed by atoms with E-state index in [1.54, 1.807) is 4.90 Å². The highest BCUT2D eigenvalue weighted by molar-refractivity contribution is 5.96. The summed E-state index contributed by atoms with van der Waals surface area (Å²) < 4.78 is 5.38. The quantitative estimate of drug-likeness (QED) is 0.914. The molecule has 0 spiro atoms. The fourth-order valence-corrected chi connectivity index (χ4v) is 2.74. The van der Waals surface area contributed by atoms with E-state index in [4.69, 9.17) is 4.52 Å². The number of benzene rings is 1. The van der Waals surface area contributed by atoms with E-state index in [1.807, 2.05) is 38.2 Å². The lowest BCUT2D eigenvalue weighted by Gasteiger charge is -2.16. The predicted octanol–water partition coefficient (Wildman–Crippen LogP) is 2.05. The lowest BCUT2D eigenvalue weighted by Crippen LogP contribution is -2.24. The number of aryl methyl sites for hydroxylation is 1. The number of carbonyl (C=O) groups excluding carboxylic acids is 1. The molecular formula is C17H22N4O2. The van der Waals surface area contributed by atoms with Gasteiger partial charge < -0.3 is 14.7 Å². The van der Waals surface area contributed by atoms with Crippen molar-refractivity contribution in [2.75, 3.05) is 18.5 Å². The number of hydrogen-bond donors (Lipinski definition) is 1. The zero-order chi connectivity index (χ0) is 16.4. The van der Waals surface area contributed by atoms with Crippen LogP contribution in [0.2, 0.25) is 0 Å². The number of carbonyl (C=O) groups is 1. The summed E-state index contributed by atoms with van der Waals surface area (Å²) >= 11 is 0. The Balaban J connectivity index is 1.71. The average Bonchev–Trinajstić information content (AvgIpc) is 3.15. The number of nitrogens with one attached hydrogen (secondary N) is 1. The minimum Gasteiger partial charge on any atom is -0.339 e. The van der Waals surface area contributed by atoms with E-state index in [0.717, 1.165) is 5.69 Å². The van der Waals surface area contributed by atoms with E-state index in [-0.39, 0.29) is 17.9 Å². The fraction of sp³-hybridized carbons (Fsp3) is 0.471. The zero-order valence-corrected chi connectivity index (χ0v) is 13.7. The highest BCUT2D eigenvalue weighted by Gasteiger charge is 2.35. The first-order chi connectivity index (χ1) is 11.1. The van der Waals surface area contributed by atoms with Gasteiger partial charge in [0.25, 0.3) is 0 Å². The van der Waals surface area contributed by atoms with Crippen molar-refractivity contribution < 1.29 is 9.32 Å². The van der Waals surface area contributed by atoms with Crippen molar-refractivity contribution in [3.8, 4) is 0 Å². The molecule has 6 nitrogen and oxygen atoms in total. The summed E-state index contributed by atoms with van der Waals surface area (Å²) in [5, 5.41) is 7.18. The van der Waals surface area contributed by atoms with Crippen LogP contribution >= 0.6 is 0 Å². The van der Waals surface area contributed by atoms with Crippen molar-refractivity contribution in [3.05, 3.63) is 41.5 Å². The minimum atomic E-state index is -0.0325. The van der Waals surface area contributed by atoms with Crippen LogP contribution in [0.15, 0.2) is 28.8 Å². The zero-order valence-electron chi connectivity index (χ0n) is 13.7. The van der Waals surface area contributed by atoms with Gasteiger partial charge >= 0.3 is 0 Å². The third-order valence-electron chi connectivity index (χ3n) is 4.29. The van der Waals surface area contributed by atoms with E-state index in [1.165, 1.54) is 5.56 Å². The first-order valence-electron chi connectivity index (χ1n) is 7.93. The van der Waals surface area contributed by atoms with E-state index in [9.17, 15) is 4.79 Å². The third kappa shape index (κ3) is 3.42. The number of aromatic nitrogens is 2. The summed E-state index contributed by atoms with van der Waals surface area (Å²) in [4.78, 5) is 18.6. The van der Waals surface area contributed by atoms with Crippen molar-refractivity contribution in [1.82, 2.24) is 15.5 Å². The molecule has 0 bridgehead atoms. The molecule has 2 atom stereocenters. The van der Waals surface area contributed by atoms with Crippen LogP contribution in [0.1, 0.15) is 36.5 Å². The Labute approximate surface area is 135 Å². The van der Waals surface area contributed by atoms with Crippen molar-refractivity contribution in [2.24, 2.45) is 0 Å². The number of likely N-dealkylation sites (N-methyl/N-ethyl adjacent to an activating group) is 1. The Bertz CT molecular complexity index is 680. The molecular weight excluding hydrogens is 292 g/mol. The highest BCUT2D eigenvalue weighted by Crippen LogP contribution is 2.31. The lowest BCUT2D eigenvalue weighted by molar-refractivity contribution is -0.117. The highest BCUT2D eigenvalue weighted by atomic mass is 16.5. The SMILES string of the molecule is CNC(C)Cc1noc(C2CC(=O)N(c3ccc(C)cc3)C2)n1. The minimum absolute atomic E-state index is 0.0325. The molecule has 1 amide bonds. The number of amides is 1. The first-order valence-corrected chi connectivity index (χ1v) is 7.93. The van der Waals surface area contributed by atoms with E-state index in [2.05, 4.69) is 22.4 Å². The molecule has 1 aromatic carbocycles. The summed E-state index contributed by atoms with van der Waals surface area (Å²) in [5.74, 6) is 1.31. The Morgan fingerprint density at radius 2 is 2.13 bits per heavy atom. The van der Waals surface area contributed by atoms with Gasteiger partial charge in [-0.3, -0.25) is 4.79 Å². The summed E-state index contributed by atoms with van der Waals surface area (Å²) in [6.07, 6.45) is 1.12. The lowest BCUT2D eigenvalue weighted by atomic mass is 10.1. The Kier molecular flexibility index (Phi) is 4.43. The maximum atomic E-state index is 12.3. The third-order valence-corrected chi connectivity index (χ3v) is 4.29. The topological polar surface area (TPSA) is 71.3 Å². The van der Waals surface area contributed by atoms with Crippen LogP contribution < -0.4 is 10.2 Å². The fourth-order valence-electron chi connectivity index (χ4n) is 2.74. The number of nitrogens with zero attached hydrogens (tertiary/aromatic N) is 3. The molecule has 2 unspecified atom stereocenters. The molecule has 0 aliphatic carbocycles. The van der Waals surface area contributed by atoms with Gasteiger partial charge in [0.1, 0.15) is 0 Å². The second-order valence-electron chi connectivity index (χ2n) is 6.18. The average molecular weight is 314 g/mol. The summed E-state index contributed by atoms with van der Waals surface area (Å²) in [5.41, 5.74) is 2.10. The largest absolute Gasteiger partial charge is 0.339 e. The van der Waals surface area contributed by atoms with Crippen molar-refractivity contribution in [2.45, 2.75) is 38.6 Å². The molecule has 1 aromatic heterocycles. The molecule has 1 saturated heterocycles.